The summed E-state index contributed by atoms with van der Waals surface area (Å²) in [6, 6.07) is 1.95. The van der Waals surface area contributed by atoms with Gasteiger partial charge in [-0.05, 0) is 44.6 Å². The summed E-state index contributed by atoms with van der Waals surface area (Å²) in [6.45, 7) is 4.95. The molecule has 0 unspecified atom stereocenters. The highest BCUT2D eigenvalue weighted by Crippen LogP contribution is 2.40. The first-order chi connectivity index (χ1) is 11.3. The topological polar surface area (TPSA) is 51.1 Å². The number of hydrogen-bond acceptors (Lipinski definition) is 6. The van der Waals surface area contributed by atoms with Gasteiger partial charge in [-0.25, -0.2) is 4.98 Å². The highest BCUT2D eigenvalue weighted by molar-refractivity contribution is 7.09. The number of ether oxygens (including phenoxy) is 1. The van der Waals surface area contributed by atoms with Crippen LogP contribution in [0.2, 0.25) is 0 Å². The van der Waals surface area contributed by atoms with Gasteiger partial charge in [-0.3, -0.25) is 4.98 Å². The largest absolute Gasteiger partial charge is 0.493 e. The minimum Gasteiger partial charge on any atom is -0.493 e. The third kappa shape index (κ3) is 3.47. The average Bonchev–Trinajstić information content (AvgIpc) is 3.32. The second-order valence-corrected chi connectivity index (χ2v) is 7.32. The summed E-state index contributed by atoms with van der Waals surface area (Å²) in [4.78, 5) is 11.2. The zero-order valence-electron chi connectivity index (χ0n) is 13.4. The van der Waals surface area contributed by atoms with E-state index in [1.165, 1.54) is 12.8 Å². The van der Waals surface area contributed by atoms with Crippen molar-refractivity contribution >= 4 is 16.7 Å². The Bertz CT molecular complexity index is 662. The fourth-order valence-electron chi connectivity index (χ4n) is 2.98. The molecular formula is C17H22N4OS. The molecular weight excluding hydrogens is 308 g/mol. The molecule has 1 aliphatic carbocycles. The smallest absolute Gasteiger partial charge is 0.205 e. The lowest BCUT2D eigenvalue weighted by atomic mass is 9.98. The van der Waals surface area contributed by atoms with E-state index in [0.29, 0.717) is 11.8 Å². The maximum absolute atomic E-state index is 5.98. The lowest BCUT2D eigenvalue weighted by Gasteiger charge is -2.31. The molecule has 2 aliphatic rings. The van der Waals surface area contributed by atoms with Gasteiger partial charge in [0, 0.05) is 48.5 Å². The van der Waals surface area contributed by atoms with Gasteiger partial charge in [0.15, 0.2) is 0 Å². The first-order valence-corrected chi connectivity index (χ1v) is 9.19. The molecule has 1 saturated heterocycles. The summed E-state index contributed by atoms with van der Waals surface area (Å²) in [5, 5.41) is 1.11. The molecule has 122 valence electrons. The second kappa shape index (κ2) is 6.43. The predicted molar refractivity (Wildman–Crippen MR) is 91.3 cm³/mol. The van der Waals surface area contributed by atoms with E-state index in [2.05, 4.69) is 14.3 Å². The fourth-order valence-corrected chi connectivity index (χ4v) is 3.78. The second-order valence-electron chi connectivity index (χ2n) is 6.59. The van der Waals surface area contributed by atoms with Crippen molar-refractivity contribution in [3.8, 4) is 5.75 Å². The minimum absolute atomic E-state index is 0.620. The molecule has 2 fully saturated rings. The summed E-state index contributed by atoms with van der Waals surface area (Å²) in [7, 11) is 0. The van der Waals surface area contributed by atoms with Crippen LogP contribution in [0.1, 0.15) is 43.0 Å². The summed E-state index contributed by atoms with van der Waals surface area (Å²) in [5.41, 5.74) is 1.10. The van der Waals surface area contributed by atoms with Crippen molar-refractivity contribution in [3.05, 3.63) is 29.8 Å². The molecule has 23 heavy (non-hydrogen) atoms. The Morgan fingerprint density at radius 1 is 1.26 bits per heavy atom. The van der Waals surface area contributed by atoms with Crippen molar-refractivity contribution in [3.63, 3.8) is 0 Å². The lowest BCUT2D eigenvalue weighted by Crippen LogP contribution is -2.35. The third-order valence-electron chi connectivity index (χ3n) is 4.70. The normalized spacial score (nSPS) is 19.1. The van der Waals surface area contributed by atoms with Gasteiger partial charge < -0.3 is 9.64 Å². The number of pyridine rings is 1. The number of aryl methyl sites for hydroxylation is 1. The highest BCUT2D eigenvalue weighted by atomic mass is 32.1. The zero-order chi connectivity index (χ0) is 15.6. The first kappa shape index (κ1) is 14.9. The summed E-state index contributed by atoms with van der Waals surface area (Å²) in [6.07, 6.45) is 8.49. The summed E-state index contributed by atoms with van der Waals surface area (Å²) < 4.78 is 10.5. The SMILES string of the molecule is Cc1cnccc1OCC1CCN(c2nc(C3CC3)ns2)CC1. The number of piperidine rings is 1. The van der Waals surface area contributed by atoms with E-state index < -0.39 is 0 Å². The van der Waals surface area contributed by atoms with E-state index in [1.807, 2.05) is 19.2 Å². The van der Waals surface area contributed by atoms with Crippen molar-refractivity contribution in [2.75, 3.05) is 24.6 Å². The van der Waals surface area contributed by atoms with Crippen molar-refractivity contribution < 1.29 is 4.74 Å². The van der Waals surface area contributed by atoms with Gasteiger partial charge in [-0.2, -0.15) is 4.37 Å². The molecule has 3 heterocycles. The standard InChI is InChI=1S/C17H22N4OS/c1-12-10-18-7-4-15(12)22-11-13-5-8-21(9-6-13)17-19-16(20-23-17)14-2-3-14/h4,7,10,13-14H,2-3,5-6,8-9,11H2,1H3. The molecule has 0 aromatic carbocycles. The maximum Gasteiger partial charge on any atom is 0.205 e. The third-order valence-corrected chi connectivity index (χ3v) is 5.49. The summed E-state index contributed by atoms with van der Waals surface area (Å²) in [5.74, 6) is 3.30. The number of rotatable bonds is 5. The lowest BCUT2D eigenvalue weighted by molar-refractivity contribution is 0.221. The molecule has 0 radical (unpaired) electrons. The van der Waals surface area contributed by atoms with E-state index >= 15 is 0 Å². The molecule has 1 aliphatic heterocycles. The van der Waals surface area contributed by atoms with Crippen LogP contribution in [0.5, 0.6) is 5.75 Å². The van der Waals surface area contributed by atoms with E-state index in [4.69, 9.17) is 9.72 Å². The molecule has 0 bridgehead atoms. The quantitative estimate of drug-likeness (QED) is 0.841. The van der Waals surface area contributed by atoms with E-state index in [9.17, 15) is 0 Å². The van der Waals surface area contributed by atoms with Gasteiger partial charge in [0.25, 0.3) is 0 Å². The van der Waals surface area contributed by atoms with Crippen LogP contribution in [-0.4, -0.2) is 34.0 Å². The monoisotopic (exact) mass is 330 g/mol. The first-order valence-electron chi connectivity index (χ1n) is 8.41. The van der Waals surface area contributed by atoms with E-state index in [1.54, 1.807) is 17.7 Å². The van der Waals surface area contributed by atoms with Gasteiger partial charge in [0.2, 0.25) is 5.13 Å². The van der Waals surface area contributed by atoms with Crippen molar-refractivity contribution in [2.24, 2.45) is 5.92 Å². The molecule has 2 aromatic rings. The Hall–Kier alpha value is -1.69. The Morgan fingerprint density at radius 3 is 2.83 bits per heavy atom. The van der Waals surface area contributed by atoms with E-state index in [0.717, 1.165) is 54.8 Å². The molecule has 0 N–H and O–H groups in total. The van der Waals surface area contributed by atoms with E-state index in [-0.39, 0.29) is 0 Å². The highest BCUT2D eigenvalue weighted by Gasteiger charge is 2.29. The van der Waals surface area contributed by atoms with Gasteiger partial charge in [0.05, 0.1) is 6.61 Å². The molecule has 2 aromatic heterocycles. The zero-order valence-corrected chi connectivity index (χ0v) is 14.3. The Labute approximate surface area is 140 Å². The number of nitrogens with zero attached hydrogens (tertiary/aromatic N) is 4. The van der Waals surface area contributed by atoms with Crippen LogP contribution in [0.25, 0.3) is 0 Å². The average molecular weight is 330 g/mol. The molecule has 0 atom stereocenters. The van der Waals surface area contributed by atoms with Crippen LogP contribution in [-0.2, 0) is 0 Å². The van der Waals surface area contributed by atoms with Gasteiger partial charge in [-0.15, -0.1) is 0 Å². The van der Waals surface area contributed by atoms with Crippen LogP contribution in [0.3, 0.4) is 0 Å². The Morgan fingerprint density at radius 2 is 2.09 bits per heavy atom. The van der Waals surface area contributed by atoms with Gasteiger partial charge >= 0.3 is 0 Å². The molecule has 6 heteroatoms. The predicted octanol–water partition coefficient (Wildman–Crippen LogP) is 3.41. The number of hydrogen-bond donors (Lipinski definition) is 0. The molecule has 5 nitrogen and oxygen atoms in total. The Kier molecular flexibility index (Phi) is 4.16. The van der Waals surface area contributed by atoms with Crippen LogP contribution < -0.4 is 9.64 Å². The molecule has 1 saturated carbocycles. The van der Waals surface area contributed by atoms with Crippen molar-refractivity contribution in [1.82, 2.24) is 14.3 Å². The minimum atomic E-state index is 0.620. The van der Waals surface area contributed by atoms with Gasteiger partial charge in [-0.1, -0.05) is 0 Å². The van der Waals surface area contributed by atoms with Crippen LogP contribution in [0, 0.1) is 12.8 Å². The maximum atomic E-state index is 5.98. The van der Waals surface area contributed by atoms with Crippen LogP contribution in [0.15, 0.2) is 18.5 Å². The number of anilines is 1. The Balaban J connectivity index is 1.28. The van der Waals surface area contributed by atoms with Crippen LogP contribution >= 0.6 is 11.5 Å². The van der Waals surface area contributed by atoms with Gasteiger partial charge in [0.1, 0.15) is 11.6 Å². The fraction of sp³-hybridized carbons (Fsp3) is 0.588. The molecule has 0 amide bonds. The van der Waals surface area contributed by atoms with Crippen molar-refractivity contribution in [1.29, 1.82) is 0 Å². The summed E-state index contributed by atoms with van der Waals surface area (Å²) >= 11 is 1.56. The molecule has 4 rings (SSSR count). The number of aromatic nitrogens is 3. The molecule has 0 spiro atoms. The van der Waals surface area contributed by atoms with Crippen molar-refractivity contribution in [2.45, 2.75) is 38.5 Å². The van der Waals surface area contributed by atoms with Crippen LogP contribution in [0.4, 0.5) is 5.13 Å².